The normalized spacial score (nSPS) is 14.9. The number of nitrogens with zero attached hydrogens (tertiary/aromatic N) is 1. The van der Waals surface area contributed by atoms with Gasteiger partial charge in [0, 0.05) is 17.8 Å². The van der Waals surface area contributed by atoms with Gasteiger partial charge in [0.15, 0.2) is 0 Å². The number of alkyl carbamates (subject to hydrolysis) is 1. The third-order valence-electron chi connectivity index (χ3n) is 5.94. The van der Waals surface area contributed by atoms with E-state index in [2.05, 4.69) is 30.2 Å². The SMILES string of the molecule is CCCC(C)NC(=O)C(c1c(C)cccc1C)N(C(=O)C(CS)NC(=O)OC(C)(C)C)C(C)CC. The van der Waals surface area contributed by atoms with Crippen LogP contribution in [0.1, 0.15) is 90.5 Å². The summed E-state index contributed by atoms with van der Waals surface area (Å²) in [6.45, 7) is 17.1. The Bertz CT molecular complexity index is 848. The molecule has 0 saturated heterocycles. The van der Waals surface area contributed by atoms with Crippen molar-refractivity contribution < 1.29 is 19.1 Å². The predicted octanol–water partition coefficient (Wildman–Crippen LogP) is 5.10. The van der Waals surface area contributed by atoms with Gasteiger partial charge < -0.3 is 20.3 Å². The Morgan fingerprint density at radius 3 is 2.09 bits per heavy atom. The number of thiol groups is 1. The Kier molecular flexibility index (Phi) is 12.1. The maximum Gasteiger partial charge on any atom is 0.408 e. The topological polar surface area (TPSA) is 87.7 Å². The highest BCUT2D eigenvalue weighted by Crippen LogP contribution is 2.31. The summed E-state index contributed by atoms with van der Waals surface area (Å²) in [5.41, 5.74) is 1.95. The van der Waals surface area contributed by atoms with Crippen molar-refractivity contribution in [2.75, 3.05) is 5.75 Å². The lowest BCUT2D eigenvalue weighted by molar-refractivity contribution is -0.145. The van der Waals surface area contributed by atoms with Crippen LogP contribution in [-0.2, 0) is 14.3 Å². The Hall–Kier alpha value is -2.22. The van der Waals surface area contributed by atoms with Gasteiger partial charge in [-0.05, 0) is 78.0 Å². The van der Waals surface area contributed by atoms with Crippen LogP contribution in [0.4, 0.5) is 4.79 Å². The van der Waals surface area contributed by atoms with E-state index in [0.29, 0.717) is 6.42 Å². The Balaban J connectivity index is 3.54. The summed E-state index contributed by atoms with van der Waals surface area (Å²) in [6, 6.07) is 3.75. The Labute approximate surface area is 217 Å². The zero-order chi connectivity index (χ0) is 26.9. The highest BCUT2D eigenvalue weighted by Gasteiger charge is 2.39. The van der Waals surface area contributed by atoms with Crippen LogP contribution in [0.5, 0.6) is 0 Å². The van der Waals surface area contributed by atoms with Crippen LogP contribution >= 0.6 is 12.6 Å². The van der Waals surface area contributed by atoms with Crippen molar-refractivity contribution >= 4 is 30.5 Å². The standard InChI is InChI=1S/C27H45N3O4S/c1-10-13-19(5)28-24(31)23(22-17(3)14-12-15-18(22)4)30(20(6)11-2)25(32)21(16-35)29-26(33)34-27(7,8)9/h12,14-15,19-21,23,35H,10-11,13,16H2,1-9H3,(H,28,31)(H,29,33). The van der Waals surface area contributed by atoms with Gasteiger partial charge in [0.2, 0.25) is 11.8 Å². The van der Waals surface area contributed by atoms with Gasteiger partial charge in [-0.2, -0.15) is 12.6 Å². The molecule has 0 radical (unpaired) electrons. The van der Waals surface area contributed by atoms with Gasteiger partial charge in [-0.3, -0.25) is 9.59 Å². The zero-order valence-electron chi connectivity index (χ0n) is 22.9. The number of nitrogens with one attached hydrogen (secondary N) is 2. The average Bonchev–Trinajstić information content (AvgIpc) is 2.74. The molecule has 1 rings (SSSR count). The van der Waals surface area contributed by atoms with Crippen molar-refractivity contribution in [2.24, 2.45) is 0 Å². The third-order valence-corrected chi connectivity index (χ3v) is 6.31. The molecule has 2 N–H and O–H groups in total. The summed E-state index contributed by atoms with van der Waals surface area (Å²) in [5.74, 6) is -0.531. The maximum absolute atomic E-state index is 14.0. The fourth-order valence-electron chi connectivity index (χ4n) is 4.09. The van der Waals surface area contributed by atoms with E-state index in [-0.39, 0.29) is 29.7 Å². The quantitative estimate of drug-likeness (QED) is 0.364. The number of amides is 3. The minimum atomic E-state index is -0.949. The summed E-state index contributed by atoms with van der Waals surface area (Å²) >= 11 is 4.35. The molecule has 4 unspecified atom stereocenters. The summed E-state index contributed by atoms with van der Waals surface area (Å²) in [4.78, 5) is 41.8. The number of hydrogen-bond donors (Lipinski definition) is 3. The van der Waals surface area contributed by atoms with E-state index in [0.717, 1.165) is 29.5 Å². The van der Waals surface area contributed by atoms with Crippen molar-refractivity contribution in [1.82, 2.24) is 15.5 Å². The number of rotatable bonds is 11. The smallest absolute Gasteiger partial charge is 0.408 e. The van der Waals surface area contributed by atoms with E-state index in [1.165, 1.54) is 0 Å². The average molecular weight is 508 g/mol. The second-order valence-corrected chi connectivity index (χ2v) is 10.7. The summed E-state index contributed by atoms with van der Waals surface area (Å²) in [7, 11) is 0. The molecule has 0 aliphatic heterocycles. The molecular weight excluding hydrogens is 462 g/mol. The van der Waals surface area contributed by atoms with Crippen molar-refractivity contribution in [3.8, 4) is 0 Å². The lowest BCUT2D eigenvalue weighted by Gasteiger charge is -2.39. The van der Waals surface area contributed by atoms with E-state index in [1.807, 2.05) is 52.8 Å². The minimum Gasteiger partial charge on any atom is -0.444 e. The monoisotopic (exact) mass is 507 g/mol. The number of aryl methyl sites for hydroxylation is 2. The zero-order valence-corrected chi connectivity index (χ0v) is 23.8. The molecule has 3 amide bonds. The van der Waals surface area contributed by atoms with Gasteiger partial charge in [-0.1, -0.05) is 38.5 Å². The molecule has 0 heterocycles. The number of carbonyl (C=O) groups is 3. The second kappa shape index (κ2) is 13.8. The number of hydrogen-bond acceptors (Lipinski definition) is 5. The highest BCUT2D eigenvalue weighted by atomic mass is 32.1. The molecule has 0 aliphatic carbocycles. The number of benzene rings is 1. The second-order valence-electron chi connectivity index (χ2n) is 10.3. The highest BCUT2D eigenvalue weighted by molar-refractivity contribution is 7.80. The van der Waals surface area contributed by atoms with Crippen LogP contribution in [0.25, 0.3) is 0 Å². The molecule has 0 fully saturated rings. The molecule has 0 aliphatic rings. The number of ether oxygens (including phenoxy) is 1. The van der Waals surface area contributed by atoms with E-state index in [9.17, 15) is 14.4 Å². The van der Waals surface area contributed by atoms with Gasteiger partial charge in [0.1, 0.15) is 17.7 Å². The maximum atomic E-state index is 14.0. The summed E-state index contributed by atoms with van der Waals surface area (Å²) in [5, 5.41) is 5.77. The fourth-order valence-corrected chi connectivity index (χ4v) is 4.34. The van der Waals surface area contributed by atoms with E-state index >= 15 is 0 Å². The Morgan fingerprint density at radius 2 is 1.63 bits per heavy atom. The molecule has 0 spiro atoms. The molecule has 1 aromatic carbocycles. The molecule has 0 aromatic heterocycles. The van der Waals surface area contributed by atoms with Crippen LogP contribution in [0.15, 0.2) is 18.2 Å². The first-order valence-electron chi connectivity index (χ1n) is 12.6. The van der Waals surface area contributed by atoms with Crippen molar-refractivity contribution in [3.05, 3.63) is 34.9 Å². The lowest BCUT2D eigenvalue weighted by Crippen LogP contribution is -2.56. The van der Waals surface area contributed by atoms with Crippen molar-refractivity contribution in [3.63, 3.8) is 0 Å². The fraction of sp³-hybridized carbons (Fsp3) is 0.667. The summed E-state index contributed by atoms with van der Waals surface area (Å²) in [6.07, 6.45) is 1.71. The van der Waals surface area contributed by atoms with Gasteiger partial charge in [-0.15, -0.1) is 0 Å². The molecule has 1 aromatic rings. The molecule has 198 valence electrons. The molecule has 7 nitrogen and oxygen atoms in total. The van der Waals surface area contributed by atoms with E-state index in [4.69, 9.17) is 4.74 Å². The molecule has 8 heteroatoms. The molecular formula is C27H45N3O4S. The number of carbonyl (C=O) groups excluding carboxylic acids is 3. The predicted molar refractivity (Wildman–Crippen MR) is 145 cm³/mol. The molecule has 0 bridgehead atoms. The first-order valence-corrected chi connectivity index (χ1v) is 13.2. The van der Waals surface area contributed by atoms with E-state index in [1.54, 1.807) is 25.7 Å². The minimum absolute atomic E-state index is 0.0335. The Morgan fingerprint density at radius 1 is 1.06 bits per heavy atom. The van der Waals surface area contributed by atoms with Crippen LogP contribution in [0.2, 0.25) is 0 Å². The summed E-state index contributed by atoms with van der Waals surface area (Å²) < 4.78 is 5.36. The first kappa shape index (κ1) is 30.8. The van der Waals surface area contributed by atoms with Crippen molar-refractivity contribution in [1.29, 1.82) is 0 Å². The van der Waals surface area contributed by atoms with Crippen LogP contribution in [-0.4, -0.2) is 52.3 Å². The molecule has 35 heavy (non-hydrogen) atoms. The third kappa shape index (κ3) is 9.06. The largest absolute Gasteiger partial charge is 0.444 e. The molecule has 0 saturated carbocycles. The van der Waals surface area contributed by atoms with Crippen LogP contribution in [0, 0.1) is 13.8 Å². The van der Waals surface area contributed by atoms with Gasteiger partial charge in [0.05, 0.1) is 0 Å². The van der Waals surface area contributed by atoms with Gasteiger partial charge in [0.25, 0.3) is 0 Å². The van der Waals surface area contributed by atoms with Crippen LogP contribution in [0.3, 0.4) is 0 Å². The van der Waals surface area contributed by atoms with Crippen LogP contribution < -0.4 is 10.6 Å². The van der Waals surface area contributed by atoms with Crippen molar-refractivity contribution in [2.45, 2.75) is 111 Å². The first-order chi connectivity index (χ1) is 16.3. The van der Waals surface area contributed by atoms with Gasteiger partial charge in [-0.25, -0.2) is 4.79 Å². The lowest BCUT2D eigenvalue weighted by atomic mass is 9.92. The van der Waals surface area contributed by atoms with E-state index < -0.39 is 23.8 Å². The molecule has 4 atom stereocenters. The van der Waals surface area contributed by atoms with Gasteiger partial charge >= 0.3 is 6.09 Å².